The topological polar surface area (TPSA) is 49.3 Å². The number of nitrogens with one attached hydrogen (secondary N) is 1. The third-order valence-corrected chi connectivity index (χ3v) is 4.00. The fourth-order valence-corrected chi connectivity index (χ4v) is 2.72. The summed E-state index contributed by atoms with van der Waals surface area (Å²) in [5.74, 6) is 0.123. The van der Waals surface area contributed by atoms with E-state index in [1.54, 1.807) is 6.08 Å². The number of carbonyl (C=O) groups excluding carboxylic acids is 1. The molecule has 1 aromatic rings. The van der Waals surface area contributed by atoms with Gasteiger partial charge in [-0.2, -0.15) is 0 Å². The van der Waals surface area contributed by atoms with E-state index < -0.39 is 0 Å². The molecule has 0 saturated heterocycles. The van der Waals surface area contributed by atoms with Gasteiger partial charge in [-0.1, -0.05) is 30.2 Å². The van der Waals surface area contributed by atoms with Gasteiger partial charge in [-0.05, 0) is 43.9 Å². The van der Waals surface area contributed by atoms with E-state index in [9.17, 15) is 9.90 Å². The molecule has 108 valence electrons. The summed E-state index contributed by atoms with van der Waals surface area (Å²) in [6.07, 6.45) is 6.08. The summed E-state index contributed by atoms with van der Waals surface area (Å²) in [5.41, 5.74) is 3.45. The quantitative estimate of drug-likeness (QED) is 0.828. The number of carbonyl (C=O) groups is 1. The maximum Gasteiger partial charge on any atom is 0.244 e. The van der Waals surface area contributed by atoms with Crippen LogP contribution in [0.4, 0.5) is 0 Å². The predicted octanol–water partition coefficient (Wildman–Crippen LogP) is 2.59. The van der Waals surface area contributed by atoms with E-state index >= 15 is 0 Å². The molecule has 1 saturated carbocycles. The molecule has 1 aliphatic carbocycles. The van der Waals surface area contributed by atoms with Crippen LogP contribution in [0.25, 0.3) is 6.08 Å². The highest BCUT2D eigenvalue weighted by Crippen LogP contribution is 2.24. The summed E-state index contributed by atoms with van der Waals surface area (Å²) in [5, 5.41) is 12.6. The number of rotatable bonds is 4. The molecule has 2 unspecified atom stereocenters. The van der Waals surface area contributed by atoms with Crippen LogP contribution >= 0.6 is 0 Å². The second-order valence-electron chi connectivity index (χ2n) is 5.70. The Morgan fingerprint density at radius 3 is 2.85 bits per heavy atom. The van der Waals surface area contributed by atoms with Crippen molar-refractivity contribution >= 4 is 12.0 Å². The highest BCUT2D eigenvalue weighted by molar-refractivity contribution is 5.91. The molecule has 0 spiro atoms. The molecule has 1 aliphatic rings. The van der Waals surface area contributed by atoms with Crippen molar-refractivity contribution in [1.29, 1.82) is 0 Å². The van der Waals surface area contributed by atoms with E-state index in [0.29, 0.717) is 6.54 Å². The number of amides is 1. The molecule has 0 heterocycles. The van der Waals surface area contributed by atoms with Gasteiger partial charge < -0.3 is 10.4 Å². The number of hydrogen-bond acceptors (Lipinski definition) is 2. The summed E-state index contributed by atoms with van der Waals surface area (Å²) in [6, 6.07) is 6.17. The molecule has 3 nitrogen and oxygen atoms in total. The van der Waals surface area contributed by atoms with E-state index in [2.05, 4.69) is 18.3 Å². The number of hydrogen-bond donors (Lipinski definition) is 2. The highest BCUT2D eigenvalue weighted by atomic mass is 16.3. The predicted molar refractivity (Wildman–Crippen MR) is 81.3 cm³/mol. The summed E-state index contributed by atoms with van der Waals surface area (Å²) in [6.45, 7) is 4.66. The SMILES string of the molecule is Cc1ccc(C=CC(=O)NCC2CCCC2O)c(C)c1. The lowest BCUT2D eigenvalue weighted by atomic mass is 10.1. The van der Waals surface area contributed by atoms with Crippen LogP contribution in [-0.2, 0) is 4.79 Å². The zero-order valence-electron chi connectivity index (χ0n) is 12.2. The molecule has 0 radical (unpaired) electrons. The number of aliphatic hydroxyl groups excluding tert-OH is 1. The second-order valence-corrected chi connectivity index (χ2v) is 5.70. The Bertz CT molecular complexity index is 508. The minimum atomic E-state index is -0.251. The molecule has 1 aromatic carbocycles. The standard InChI is InChI=1S/C17H23NO2/c1-12-6-7-14(13(2)10-12)8-9-17(20)18-11-15-4-3-5-16(15)19/h6-10,15-16,19H,3-5,11H2,1-2H3,(H,18,20). The summed E-state index contributed by atoms with van der Waals surface area (Å²) >= 11 is 0. The van der Waals surface area contributed by atoms with Gasteiger partial charge in [-0.25, -0.2) is 0 Å². The molecule has 0 bridgehead atoms. The Kier molecular flexibility index (Phi) is 4.96. The molecule has 1 amide bonds. The maximum absolute atomic E-state index is 11.8. The molecular formula is C17H23NO2. The fraction of sp³-hybridized carbons (Fsp3) is 0.471. The van der Waals surface area contributed by atoms with Gasteiger partial charge in [0.1, 0.15) is 0 Å². The lowest BCUT2D eigenvalue weighted by molar-refractivity contribution is -0.116. The largest absolute Gasteiger partial charge is 0.393 e. The van der Waals surface area contributed by atoms with Crippen LogP contribution in [0, 0.1) is 19.8 Å². The van der Waals surface area contributed by atoms with Crippen LogP contribution in [0.15, 0.2) is 24.3 Å². The first-order valence-corrected chi connectivity index (χ1v) is 7.27. The number of aryl methyl sites for hydroxylation is 2. The van der Waals surface area contributed by atoms with Crippen molar-refractivity contribution in [3.63, 3.8) is 0 Å². The summed E-state index contributed by atoms with van der Waals surface area (Å²) in [7, 11) is 0. The van der Waals surface area contributed by atoms with Crippen molar-refractivity contribution < 1.29 is 9.90 Å². The number of benzene rings is 1. The van der Waals surface area contributed by atoms with E-state index in [1.807, 2.05) is 25.1 Å². The van der Waals surface area contributed by atoms with Crippen LogP contribution in [0.5, 0.6) is 0 Å². The van der Waals surface area contributed by atoms with Gasteiger partial charge in [0.25, 0.3) is 0 Å². The van der Waals surface area contributed by atoms with Gasteiger partial charge in [-0.15, -0.1) is 0 Å². The summed E-state index contributed by atoms with van der Waals surface area (Å²) < 4.78 is 0. The van der Waals surface area contributed by atoms with Crippen LogP contribution in [0.1, 0.15) is 36.0 Å². The molecule has 0 aliphatic heterocycles. The fourth-order valence-electron chi connectivity index (χ4n) is 2.72. The Labute approximate surface area is 120 Å². The highest BCUT2D eigenvalue weighted by Gasteiger charge is 2.24. The van der Waals surface area contributed by atoms with Gasteiger partial charge in [0.15, 0.2) is 0 Å². The van der Waals surface area contributed by atoms with Crippen LogP contribution in [-0.4, -0.2) is 23.7 Å². The van der Waals surface area contributed by atoms with Gasteiger partial charge in [0.05, 0.1) is 6.10 Å². The first kappa shape index (κ1) is 14.8. The van der Waals surface area contributed by atoms with E-state index in [-0.39, 0.29) is 17.9 Å². The van der Waals surface area contributed by atoms with E-state index in [4.69, 9.17) is 0 Å². The normalized spacial score (nSPS) is 22.4. The smallest absolute Gasteiger partial charge is 0.244 e. The Morgan fingerprint density at radius 1 is 1.40 bits per heavy atom. The van der Waals surface area contributed by atoms with E-state index in [1.165, 1.54) is 11.1 Å². The van der Waals surface area contributed by atoms with Crippen molar-refractivity contribution in [3.05, 3.63) is 41.0 Å². The molecular weight excluding hydrogens is 250 g/mol. The minimum absolute atomic E-state index is 0.0934. The van der Waals surface area contributed by atoms with Crippen molar-refractivity contribution in [3.8, 4) is 0 Å². The Balaban J connectivity index is 1.86. The maximum atomic E-state index is 11.8. The average molecular weight is 273 g/mol. The number of aliphatic hydroxyl groups is 1. The Morgan fingerprint density at radius 2 is 2.20 bits per heavy atom. The van der Waals surface area contributed by atoms with Crippen molar-refractivity contribution in [2.24, 2.45) is 5.92 Å². The van der Waals surface area contributed by atoms with Gasteiger partial charge in [0.2, 0.25) is 5.91 Å². The van der Waals surface area contributed by atoms with E-state index in [0.717, 1.165) is 24.8 Å². The van der Waals surface area contributed by atoms with Crippen molar-refractivity contribution in [2.45, 2.75) is 39.2 Å². The summed E-state index contributed by atoms with van der Waals surface area (Å²) in [4.78, 5) is 11.8. The van der Waals surface area contributed by atoms with Gasteiger partial charge >= 0.3 is 0 Å². The molecule has 0 aromatic heterocycles. The van der Waals surface area contributed by atoms with Crippen LogP contribution < -0.4 is 5.32 Å². The van der Waals surface area contributed by atoms with Gasteiger partial charge in [-0.3, -0.25) is 4.79 Å². The molecule has 1 fully saturated rings. The lowest BCUT2D eigenvalue weighted by Crippen LogP contribution is -2.31. The first-order chi connectivity index (χ1) is 9.56. The van der Waals surface area contributed by atoms with Crippen LogP contribution in [0.2, 0.25) is 0 Å². The van der Waals surface area contributed by atoms with Gasteiger partial charge in [0, 0.05) is 18.5 Å². The average Bonchev–Trinajstić information content (AvgIpc) is 2.81. The molecule has 2 N–H and O–H groups in total. The van der Waals surface area contributed by atoms with Crippen molar-refractivity contribution in [2.75, 3.05) is 6.54 Å². The first-order valence-electron chi connectivity index (χ1n) is 7.27. The monoisotopic (exact) mass is 273 g/mol. The molecule has 2 atom stereocenters. The second kappa shape index (κ2) is 6.71. The van der Waals surface area contributed by atoms with Crippen molar-refractivity contribution in [1.82, 2.24) is 5.32 Å². The zero-order chi connectivity index (χ0) is 14.5. The Hall–Kier alpha value is -1.61. The third-order valence-electron chi connectivity index (χ3n) is 4.00. The molecule has 3 heteroatoms. The lowest BCUT2D eigenvalue weighted by Gasteiger charge is -2.14. The molecule has 20 heavy (non-hydrogen) atoms. The van der Waals surface area contributed by atoms with Crippen LogP contribution in [0.3, 0.4) is 0 Å². The zero-order valence-corrected chi connectivity index (χ0v) is 12.2. The third kappa shape index (κ3) is 3.94. The molecule has 2 rings (SSSR count). The minimum Gasteiger partial charge on any atom is -0.393 e.